The van der Waals surface area contributed by atoms with Crippen LogP contribution in [-0.2, 0) is 23.5 Å². The van der Waals surface area contributed by atoms with Gasteiger partial charge in [-0.05, 0) is 12.8 Å². The summed E-state index contributed by atoms with van der Waals surface area (Å²) >= 11 is 4.69. The molecule has 0 bridgehead atoms. The Morgan fingerprint density at radius 1 is 0.824 bits per heavy atom. The van der Waals surface area contributed by atoms with Crippen LogP contribution in [0.15, 0.2) is 10.3 Å². The van der Waals surface area contributed by atoms with E-state index in [-0.39, 0.29) is 12.1 Å². The van der Waals surface area contributed by atoms with E-state index in [0.717, 1.165) is 48.8 Å². The van der Waals surface area contributed by atoms with Crippen LogP contribution in [-0.4, -0.2) is 108 Å². The Kier molecular flexibility index (Phi) is 27.5. The van der Waals surface area contributed by atoms with Crippen molar-refractivity contribution in [1.82, 2.24) is 45.3 Å². The first-order chi connectivity index (χ1) is 25.0. The van der Waals surface area contributed by atoms with E-state index in [4.69, 9.17) is 23.5 Å². The van der Waals surface area contributed by atoms with Crippen LogP contribution in [0.2, 0.25) is 0 Å². The number of hydrogen-bond acceptors (Lipinski definition) is 18. The summed E-state index contributed by atoms with van der Waals surface area (Å²) in [5, 5.41) is 8.86. The van der Waals surface area contributed by atoms with E-state index in [1.54, 1.807) is 12.2 Å². The summed E-state index contributed by atoms with van der Waals surface area (Å²) in [5.74, 6) is 0.794. The van der Waals surface area contributed by atoms with E-state index in [1.165, 1.54) is 88.1 Å². The Hall–Kier alpha value is -2.28. The van der Waals surface area contributed by atoms with E-state index in [9.17, 15) is 9.59 Å². The summed E-state index contributed by atoms with van der Waals surface area (Å²) in [6.07, 6.45) is 14.1. The molecule has 1 aliphatic rings. The maximum absolute atomic E-state index is 11.8. The molecule has 0 atom stereocenters. The van der Waals surface area contributed by atoms with E-state index >= 15 is 0 Å². The molecule has 0 spiro atoms. The molecule has 0 aromatic carbocycles. The average molecular weight is 798 g/mol. The van der Waals surface area contributed by atoms with Crippen LogP contribution in [0, 0.1) is 0 Å². The molecule has 3 rings (SSSR count). The number of ether oxygens (including phenoxy) is 3. The molecular weight excluding hydrogens is 743 g/mol. The van der Waals surface area contributed by atoms with Crippen molar-refractivity contribution >= 4 is 69.2 Å². The molecule has 1 saturated heterocycles. The van der Waals surface area contributed by atoms with Gasteiger partial charge in [-0.15, -0.1) is 9.32 Å². The first kappa shape index (κ1) is 44.9. The summed E-state index contributed by atoms with van der Waals surface area (Å²) in [7, 11) is 3.17. The fraction of sp³-hybridized carbons (Fsp3) is 0.793. The molecule has 2 aromatic rings. The summed E-state index contributed by atoms with van der Waals surface area (Å²) in [4.78, 5) is 36.1. The lowest BCUT2D eigenvalue weighted by molar-refractivity contribution is -0.370. The van der Waals surface area contributed by atoms with Crippen molar-refractivity contribution in [1.29, 1.82) is 0 Å². The number of carbonyl (C=O) groups is 2. The number of nitrogens with one attached hydrogen (secondary N) is 6. The van der Waals surface area contributed by atoms with E-state index in [2.05, 4.69) is 58.0 Å². The number of anilines is 2. The molecule has 18 nitrogen and oxygen atoms in total. The average Bonchev–Trinajstić information content (AvgIpc) is 3.81. The largest absolute Gasteiger partial charge is 0.384 e. The van der Waals surface area contributed by atoms with E-state index in [0.29, 0.717) is 66.6 Å². The number of nitrogens with zero attached hydrogens (tertiary/aromatic N) is 5. The summed E-state index contributed by atoms with van der Waals surface area (Å²) in [5.41, 5.74) is 10.3. The quantitative estimate of drug-likeness (QED) is 0.0225. The number of urea groups is 2. The minimum absolute atomic E-state index is 0.293. The van der Waals surface area contributed by atoms with E-state index < -0.39 is 0 Å². The lowest BCUT2D eigenvalue weighted by Gasteiger charge is -2.23. The van der Waals surface area contributed by atoms with Gasteiger partial charge in [-0.2, -0.15) is 23.8 Å². The Morgan fingerprint density at radius 3 is 2.10 bits per heavy atom. The third-order valence-electron chi connectivity index (χ3n) is 6.73. The minimum Gasteiger partial charge on any atom is -0.384 e. The first-order valence-corrected chi connectivity index (χ1v) is 20.6. The number of rotatable bonds is 27. The van der Waals surface area contributed by atoms with Gasteiger partial charge in [0.05, 0.1) is 32.9 Å². The van der Waals surface area contributed by atoms with Gasteiger partial charge in [0.2, 0.25) is 20.6 Å². The highest BCUT2D eigenvalue weighted by atomic mass is 32.2. The number of aromatic nitrogens is 4. The Morgan fingerprint density at radius 2 is 1.43 bits per heavy atom. The second-order valence-corrected chi connectivity index (χ2v) is 14.1. The number of hydrazine groups is 2. The zero-order valence-corrected chi connectivity index (χ0v) is 33.1. The summed E-state index contributed by atoms with van der Waals surface area (Å²) in [6.45, 7) is 7.48. The topological polar surface area (TPSA) is 207 Å². The highest BCUT2D eigenvalue weighted by Gasteiger charge is 2.13. The Bertz CT molecular complexity index is 1150. The first-order valence-electron chi connectivity index (χ1n) is 17.3. The maximum Gasteiger partial charge on any atom is 0.333 e. The molecule has 4 amide bonds. The smallest absolute Gasteiger partial charge is 0.333 e. The maximum atomic E-state index is 11.8. The Labute approximate surface area is 317 Å². The molecular formula is C29H55N11O7S4. The number of hydroxylamine groups is 2. The number of amides is 4. The van der Waals surface area contributed by atoms with Crippen molar-refractivity contribution in [2.75, 3.05) is 83.4 Å². The van der Waals surface area contributed by atoms with Gasteiger partial charge >= 0.3 is 12.1 Å². The molecule has 6 N–H and O–H groups in total. The standard InChI is InChI=1S/C21H41N5O3S2.C8H14N6O4S2/c1-3-4-5-6-7-8-9-10-11-12-15-29-16-13-14-22-19(27)24-25-20-23-21(26-31-20)30-18-17-28-2;1-9-6(15)11-12-7-10-8(13-19-7)20-18-17-14-2-4-16-5-3-14/h3-18H2,1-2H3,(H2,22,24,27)(H,23,25,26);2-5H2,1H3,(H2,9,11,15)(H,10,12,13). The molecule has 2 aromatic heterocycles. The molecule has 0 saturated carbocycles. The van der Waals surface area contributed by atoms with Crippen molar-refractivity contribution in [3.8, 4) is 0 Å². The normalized spacial score (nSPS) is 12.8. The van der Waals surface area contributed by atoms with Gasteiger partial charge in [0.25, 0.3) is 0 Å². The molecule has 0 aliphatic carbocycles. The molecule has 0 radical (unpaired) electrons. The zero-order valence-electron chi connectivity index (χ0n) is 29.9. The molecule has 292 valence electrons. The third kappa shape index (κ3) is 24.6. The third-order valence-corrected chi connectivity index (χ3v) is 9.50. The zero-order chi connectivity index (χ0) is 36.6. The molecule has 1 fully saturated rings. The van der Waals surface area contributed by atoms with Crippen molar-refractivity contribution in [3.05, 3.63) is 0 Å². The van der Waals surface area contributed by atoms with Gasteiger partial charge < -0.3 is 24.8 Å². The lowest BCUT2D eigenvalue weighted by atomic mass is 10.1. The lowest BCUT2D eigenvalue weighted by Crippen LogP contribution is -2.39. The number of thioether (sulfide) groups is 1. The summed E-state index contributed by atoms with van der Waals surface area (Å²) < 4.78 is 29.0. The second-order valence-electron chi connectivity index (χ2n) is 10.9. The van der Waals surface area contributed by atoms with Crippen LogP contribution < -0.4 is 32.3 Å². The molecule has 3 heterocycles. The fourth-order valence-corrected chi connectivity index (χ4v) is 6.46. The van der Waals surface area contributed by atoms with E-state index in [1.807, 2.05) is 0 Å². The SMILES string of the molecule is CCCCCCCCCCCCOCCCNC(=O)NNc1nc(SCCOC)ns1.CNC(=O)NNc1nc(SOON2CCOCC2)ns1. The molecule has 0 unspecified atom stereocenters. The van der Waals surface area contributed by atoms with Crippen LogP contribution in [0.25, 0.3) is 0 Å². The van der Waals surface area contributed by atoms with Crippen molar-refractivity contribution in [2.24, 2.45) is 0 Å². The van der Waals surface area contributed by atoms with Crippen LogP contribution in [0.5, 0.6) is 0 Å². The van der Waals surface area contributed by atoms with Gasteiger partial charge in [-0.25, -0.2) is 20.4 Å². The Balaban J connectivity index is 0.000000386. The second kappa shape index (κ2) is 31.3. The van der Waals surface area contributed by atoms with Gasteiger partial charge in [0.1, 0.15) is 12.0 Å². The number of hydrogen-bond donors (Lipinski definition) is 6. The number of unbranched alkanes of at least 4 members (excludes halogenated alkanes) is 9. The van der Waals surface area contributed by atoms with Gasteiger partial charge in [0.15, 0.2) is 0 Å². The predicted molar refractivity (Wildman–Crippen MR) is 201 cm³/mol. The highest BCUT2D eigenvalue weighted by molar-refractivity contribution is 7.99. The minimum atomic E-state index is -0.374. The van der Waals surface area contributed by atoms with Crippen LogP contribution in [0.1, 0.15) is 77.6 Å². The number of morpholine rings is 1. The van der Waals surface area contributed by atoms with Crippen LogP contribution >= 0.6 is 46.9 Å². The van der Waals surface area contributed by atoms with Crippen molar-refractivity contribution in [3.63, 3.8) is 0 Å². The van der Waals surface area contributed by atoms with Crippen LogP contribution in [0.4, 0.5) is 19.9 Å². The number of methoxy groups -OCH3 is 1. The van der Waals surface area contributed by atoms with Gasteiger partial charge in [0, 0.05) is 62.7 Å². The molecule has 22 heteroatoms. The highest BCUT2D eigenvalue weighted by Crippen LogP contribution is 2.21. The fourth-order valence-electron chi connectivity index (χ4n) is 4.04. The van der Waals surface area contributed by atoms with Gasteiger partial charge in [-0.1, -0.05) is 76.5 Å². The predicted octanol–water partition coefficient (Wildman–Crippen LogP) is 5.23. The monoisotopic (exact) mass is 797 g/mol. The van der Waals surface area contributed by atoms with Gasteiger partial charge in [-0.3, -0.25) is 10.9 Å². The van der Waals surface area contributed by atoms with Crippen molar-refractivity contribution in [2.45, 2.75) is 87.9 Å². The summed E-state index contributed by atoms with van der Waals surface area (Å²) in [6, 6.07) is -0.667. The number of carbonyl (C=O) groups excluding carboxylic acids is 2. The van der Waals surface area contributed by atoms with Crippen molar-refractivity contribution < 1.29 is 33.1 Å². The molecule has 1 aliphatic heterocycles. The van der Waals surface area contributed by atoms with Crippen LogP contribution in [0.3, 0.4) is 0 Å². The molecule has 51 heavy (non-hydrogen) atoms.